The molecule has 1 heterocycles. The van der Waals surface area contributed by atoms with E-state index in [4.69, 9.17) is 0 Å². The van der Waals surface area contributed by atoms with Gasteiger partial charge in [0.25, 0.3) is 0 Å². The molecule has 0 bridgehead atoms. The van der Waals surface area contributed by atoms with Crippen LogP contribution >= 0.6 is 0 Å². The lowest BCUT2D eigenvalue weighted by Crippen LogP contribution is -2.46. The topological polar surface area (TPSA) is 64.7 Å². The second-order valence-electron chi connectivity index (χ2n) is 7.07. The van der Waals surface area contributed by atoms with E-state index in [2.05, 4.69) is 29.4 Å². The summed E-state index contributed by atoms with van der Waals surface area (Å²) in [5.74, 6) is -0.409. The Balaban J connectivity index is 1.74. The summed E-state index contributed by atoms with van der Waals surface area (Å²) < 4.78 is 13.0. The number of halogens is 1. The van der Waals surface area contributed by atoms with Crippen LogP contribution in [-0.2, 0) is 4.79 Å². The van der Waals surface area contributed by atoms with E-state index in [0.717, 1.165) is 32.5 Å². The summed E-state index contributed by atoms with van der Waals surface area (Å²) in [5.41, 5.74) is 0.649. The van der Waals surface area contributed by atoms with Crippen LogP contribution in [0.25, 0.3) is 0 Å². The quantitative estimate of drug-likeness (QED) is 0.694. The van der Waals surface area contributed by atoms with Crippen LogP contribution < -0.4 is 15.5 Å². The Hall–Kier alpha value is -2.15. The van der Waals surface area contributed by atoms with Gasteiger partial charge in [-0.1, -0.05) is 13.8 Å². The molecule has 1 fully saturated rings. The molecule has 0 radical (unpaired) electrons. The van der Waals surface area contributed by atoms with Crippen LogP contribution in [0.15, 0.2) is 24.3 Å². The van der Waals surface area contributed by atoms with Gasteiger partial charge < -0.3 is 20.4 Å². The fourth-order valence-corrected chi connectivity index (χ4v) is 3.36. The molecule has 1 aliphatic rings. The summed E-state index contributed by atoms with van der Waals surface area (Å²) >= 11 is 0. The molecule has 2 atom stereocenters. The molecular formula is C20H31FN4O2. The summed E-state index contributed by atoms with van der Waals surface area (Å²) in [4.78, 5) is 28.3. The molecule has 1 aliphatic heterocycles. The molecule has 1 aromatic carbocycles. The molecule has 0 spiro atoms. The second kappa shape index (κ2) is 10.3. The van der Waals surface area contributed by atoms with Crippen molar-refractivity contribution >= 4 is 17.6 Å². The average molecular weight is 378 g/mol. The van der Waals surface area contributed by atoms with E-state index in [1.54, 1.807) is 17.0 Å². The lowest BCUT2D eigenvalue weighted by molar-refractivity contribution is -0.117. The first-order valence-corrected chi connectivity index (χ1v) is 9.78. The van der Waals surface area contributed by atoms with Crippen molar-refractivity contribution in [1.29, 1.82) is 0 Å². The number of benzene rings is 1. The van der Waals surface area contributed by atoms with Crippen LogP contribution in [0.5, 0.6) is 0 Å². The molecule has 150 valence electrons. The van der Waals surface area contributed by atoms with E-state index in [9.17, 15) is 14.0 Å². The standard InChI is InChI=1S/C20H31FN4O2/c1-4-24(5-2)12-6-7-15(3)22-20(27)23-17-13-19(26)25(14-17)18-10-8-16(21)9-11-18/h8-11,15,17H,4-7,12-14H2,1-3H3,(H2,22,23,27)/t15-,17-/m0/s1. The van der Waals surface area contributed by atoms with E-state index in [-0.39, 0.29) is 36.3 Å². The summed E-state index contributed by atoms with van der Waals surface area (Å²) in [5, 5.41) is 5.82. The van der Waals surface area contributed by atoms with Crippen molar-refractivity contribution < 1.29 is 14.0 Å². The van der Waals surface area contributed by atoms with Crippen LogP contribution in [0.2, 0.25) is 0 Å². The molecule has 0 unspecified atom stereocenters. The number of hydrogen-bond donors (Lipinski definition) is 2. The molecule has 1 saturated heterocycles. The van der Waals surface area contributed by atoms with E-state index in [1.165, 1.54) is 12.1 Å². The van der Waals surface area contributed by atoms with Crippen LogP contribution in [0.3, 0.4) is 0 Å². The molecule has 2 rings (SSSR count). The predicted octanol–water partition coefficient (Wildman–Crippen LogP) is 2.74. The van der Waals surface area contributed by atoms with Gasteiger partial charge in [0.1, 0.15) is 5.82 Å². The van der Waals surface area contributed by atoms with Gasteiger partial charge in [0.15, 0.2) is 0 Å². The lowest BCUT2D eigenvalue weighted by atomic mass is 10.2. The maximum absolute atomic E-state index is 13.0. The first-order valence-electron chi connectivity index (χ1n) is 9.78. The van der Waals surface area contributed by atoms with Crippen LogP contribution in [-0.4, -0.2) is 55.1 Å². The minimum Gasteiger partial charge on any atom is -0.336 e. The fraction of sp³-hybridized carbons (Fsp3) is 0.600. The van der Waals surface area contributed by atoms with Crippen molar-refractivity contribution in [2.75, 3.05) is 31.1 Å². The Morgan fingerprint density at radius 1 is 1.30 bits per heavy atom. The number of carbonyl (C=O) groups is 2. The lowest BCUT2D eigenvalue weighted by Gasteiger charge is -2.21. The third-order valence-corrected chi connectivity index (χ3v) is 4.98. The molecule has 7 heteroatoms. The highest BCUT2D eigenvalue weighted by Gasteiger charge is 2.31. The Labute approximate surface area is 161 Å². The Bertz CT molecular complexity index is 619. The predicted molar refractivity (Wildman–Crippen MR) is 105 cm³/mol. The maximum Gasteiger partial charge on any atom is 0.315 e. The molecule has 0 aliphatic carbocycles. The number of nitrogens with zero attached hydrogens (tertiary/aromatic N) is 2. The Morgan fingerprint density at radius 3 is 2.59 bits per heavy atom. The van der Waals surface area contributed by atoms with Gasteiger partial charge in [0.05, 0.1) is 6.04 Å². The average Bonchev–Trinajstić information content (AvgIpc) is 2.99. The Kier molecular flexibility index (Phi) is 8.03. The van der Waals surface area contributed by atoms with E-state index < -0.39 is 0 Å². The highest BCUT2D eigenvalue weighted by atomic mass is 19.1. The van der Waals surface area contributed by atoms with Gasteiger partial charge in [-0.2, -0.15) is 0 Å². The monoisotopic (exact) mass is 378 g/mol. The van der Waals surface area contributed by atoms with Crippen molar-refractivity contribution in [3.63, 3.8) is 0 Å². The third-order valence-electron chi connectivity index (χ3n) is 4.98. The van der Waals surface area contributed by atoms with Gasteiger partial charge in [0.2, 0.25) is 5.91 Å². The minimum atomic E-state index is -0.338. The van der Waals surface area contributed by atoms with E-state index in [1.807, 2.05) is 6.92 Å². The summed E-state index contributed by atoms with van der Waals surface area (Å²) in [6.07, 6.45) is 2.19. The number of hydrogen-bond acceptors (Lipinski definition) is 3. The van der Waals surface area contributed by atoms with Gasteiger partial charge in [-0.05, 0) is 63.7 Å². The minimum absolute atomic E-state index is 0.0702. The van der Waals surface area contributed by atoms with Gasteiger partial charge in [-0.25, -0.2) is 9.18 Å². The first kappa shape index (κ1) is 21.2. The smallest absolute Gasteiger partial charge is 0.315 e. The van der Waals surface area contributed by atoms with Crippen molar-refractivity contribution in [2.45, 2.75) is 52.1 Å². The van der Waals surface area contributed by atoms with Gasteiger partial charge in [-0.15, -0.1) is 0 Å². The van der Waals surface area contributed by atoms with Crippen LogP contribution in [0.1, 0.15) is 40.0 Å². The highest BCUT2D eigenvalue weighted by molar-refractivity contribution is 5.96. The number of carbonyl (C=O) groups excluding carboxylic acids is 2. The number of anilines is 1. The zero-order valence-corrected chi connectivity index (χ0v) is 16.5. The number of urea groups is 1. The summed E-state index contributed by atoms with van der Waals surface area (Å²) in [7, 11) is 0. The normalized spacial score (nSPS) is 18.0. The van der Waals surface area contributed by atoms with Gasteiger partial charge >= 0.3 is 6.03 Å². The molecule has 2 N–H and O–H groups in total. The highest BCUT2D eigenvalue weighted by Crippen LogP contribution is 2.21. The van der Waals surface area contributed by atoms with Crippen molar-refractivity contribution in [2.24, 2.45) is 0 Å². The molecule has 3 amide bonds. The molecule has 27 heavy (non-hydrogen) atoms. The molecular weight excluding hydrogens is 347 g/mol. The first-order chi connectivity index (χ1) is 12.9. The van der Waals surface area contributed by atoms with Crippen LogP contribution in [0.4, 0.5) is 14.9 Å². The number of rotatable bonds is 9. The molecule has 6 nitrogen and oxygen atoms in total. The van der Waals surface area contributed by atoms with Crippen molar-refractivity contribution in [3.05, 3.63) is 30.1 Å². The zero-order valence-electron chi connectivity index (χ0n) is 16.5. The summed E-state index contributed by atoms with van der Waals surface area (Å²) in [6.45, 7) is 9.80. The second-order valence-corrected chi connectivity index (χ2v) is 7.07. The number of nitrogens with one attached hydrogen (secondary N) is 2. The van der Waals surface area contributed by atoms with E-state index in [0.29, 0.717) is 12.2 Å². The molecule has 1 aromatic rings. The largest absolute Gasteiger partial charge is 0.336 e. The maximum atomic E-state index is 13.0. The SMILES string of the molecule is CCN(CC)CCC[C@H](C)NC(=O)N[C@H]1CC(=O)N(c2ccc(F)cc2)C1. The number of amides is 3. The third kappa shape index (κ3) is 6.50. The molecule has 0 aromatic heterocycles. The van der Waals surface area contributed by atoms with E-state index >= 15 is 0 Å². The Morgan fingerprint density at radius 2 is 1.96 bits per heavy atom. The van der Waals surface area contributed by atoms with Crippen LogP contribution in [0, 0.1) is 5.82 Å². The molecule has 0 saturated carbocycles. The van der Waals surface area contributed by atoms with Gasteiger partial charge in [0, 0.05) is 24.7 Å². The van der Waals surface area contributed by atoms with Gasteiger partial charge in [-0.3, -0.25) is 4.79 Å². The summed E-state index contributed by atoms with van der Waals surface area (Å²) in [6, 6.07) is 5.40. The fourth-order valence-electron chi connectivity index (χ4n) is 3.36. The zero-order chi connectivity index (χ0) is 19.8. The van der Waals surface area contributed by atoms with Crippen molar-refractivity contribution in [3.8, 4) is 0 Å². The van der Waals surface area contributed by atoms with Crippen molar-refractivity contribution in [1.82, 2.24) is 15.5 Å².